The molecule has 1 aromatic heterocycles. The molecule has 1 atom stereocenters. The molecule has 86 valence electrons. The lowest BCUT2D eigenvalue weighted by Crippen LogP contribution is -2.42. The van der Waals surface area contributed by atoms with E-state index in [4.69, 9.17) is 0 Å². The summed E-state index contributed by atoms with van der Waals surface area (Å²) < 4.78 is 0. The maximum Gasteiger partial charge on any atom is 0.315 e. The smallest absolute Gasteiger partial charge is 0.315 e. The fraction of sp³-hybridized carbons (Fsp3) is 0.400. The second kappa shape index (κ2) is 4.98. The van der Waals surface area contributed by atoms with Gasteiger partial charge in [-0.05, 0) is 11.4 Å². The summed E-state index contributed by atoms with van der Waals surface area (Å²) in [6, 6.07) is 3.59. The number of thiophene rings is 1. The Hall–Kier alpha value is -1.56. The zero-order valence-corrected chi connectivity index (χ0v) is 9.47. The summed E-state index contributed by atoms with van der Waals surface area (Å²) in [4.78, 5) is 23.4. The molecule has 5 nitrogen and oxygen atoms in total. The number of carbonyl (C=O) groups excluding carboxylic acids is 2. The van der Waals surface area contributed by atoms with Crippen molar-refractivity contribution < 1.29 is 9.59 Å². The Morgan fingerprint density at radius 3 is 3.12 bits per heavy atom. The molecule has 0 radical (unpaired) electrons. The molecule has 1 aliphatic heterocycles. The molecule has 3 N–H and O–H groups in total. The van der Waals surface area contributed by atoms with Crippen molar-refractivity contribution in [2.45, 2.75) is 19.0 Å². The van der Waals surface area contributed by atoms with Crippen LogP contribution in [-0.2, 0) is 11.3 Å². The van der Waals surface area contributed by atoms with Gasteiger partial charge in [0, 0.05) is 17.8 Å². The van der Waals surface area contributed by atoms with Crippen LogP contribution in [0.15, 0.2) is 17.5 Å². The van der Waals surface area contributed by atoms with Gasteiger partial charge in [0.15, 0.2) is 0 Å². The Balaban J connectivity index is 1.70. The SMILES string of the molecule is O=C1C[C@H](NC(=O)NCc2cccs2)CN1. The van der Waals surface area contributed by atoms with Gasteiger partial charge in [0.2, 0.25) is 5.91 Å². The minimum absolute atomic E-state index is 0.0106. The quantitative estimate of drug-likeness (QED) is 0.716. The first kappa shape index (κ1) is 10.9. The van der Waals surface area contributed by atoms with E-state index in [0.717, 1.165) is 4.88 Å². The van der Waals surface area contributed by atoms with E-state index in [1.165, 1.54) is 0 Å². The lowest BCUT2D eigenvalue weighted by molar-refractivity contribution is -0.119. The third kappa shape index (κ3) is 2.96. The number of hydrogen-bond acceptors (Lipinski definition) is 3. The summed E-state index contributed by atoms with van der Waals surface area (Å²) in [6.45, 7) is 1.04. The van der Waals surface area contributed by atoms with Gasteiger partial charge in [-0.1, -0.05) is 6.07 Å². The minimum Gasteiger partial charge on any atom is -0.354 e. The van der Waals surface area contributed by atoms with Gasteiger partial charge in [-0.15, -0.1) is 11.3 Å². The van der Waals surface area contributed by atoms with Crippen LogP contribution in [0.3, 0.4) is 0 Å². The van der Waals surface area contributed by atoms with Gasteiger partial charge >= 0.3 is 6.03 Å². The lowest BCUT2D eigenvalue weighted by Gasteiger charge is -2.10. The van der Waals surface area contributed by atoms with Gasteiger partial charge in [0.05, 0.1) is 12.6 Å². The average Bonchev–Trinajstić information content (AvgIpc) is 2.87. The summed E-state index contributed by atoms with van der Waals surface area (Å²) in [7, 11) is 0. The van der Waals surface area contributed by atoms with E-state index in [9.17, 15) is 9.59 Å². The number of carbonyl (C=O) groups is 2. The molecular weight excluding hydrogens is 226 g/mol. The monoisotopic (exact) mass is 239 g/mol. The number of rotatable bonds is 3. The molecule has 16 heavy (non-hydrogen) atoms. The van der Waals surface area contributed by atoms with Gasteiger partial charge in [0.25, 0.3) is 0 Å². The minimum atomic E-state index is -0.227. The first-order valence-corrected chi connectivity index (χ1v) is 5.95. The molecule has 3 amide bonds. The maximum atomic E-state index is 11.4. The molecular formula is C10H13N3O2S. The van der Waals surface area contributed by atoms with E-state index >= 15 is 0 Å². The number of nitrogens with one attached hydrogen (secondary N) is 3. The Morgan fingerprint density at radius 2 is 2.50 bits per heavy atom. The molecule has 2 heterocycles. The zero-order valence-electron chi connectivity index (χ0n) is 8.66. The summed E-state index contributed by atoms with van der Waals surface area (Å²) in [5.41, 5.74) is 0. The van der Waals surface area contributed by atoms with Gasteiger partial charge in [-0.3, -0.25) is 4.79 Å². The summed E-state index contributed by atoms with van der Waals surface area (Å²) in [6.07, 6.45) is 0.367. The van der Waals surface area contributed by atoms with Crippen LogP contribution in [0.5, 0.6) is 0 Å². The van der Waals surface area contributed by atoms with Gasteiger partial charge in [-0.25, -0.2) is 4.79 Å². The van der Waals surface area contributed by atoms with Crippen LogP contribution in [-0.4, -0.2) is 24.5 Å². The van der Waals surface area contributed by atoms with Crippen molar-refractivity contribution in [3.63, 3.8) is 0 Å². The third-order valence-corrected chi connectivity index (χ3v) is 3.19. The van der Waals surface area contributed by atoms with Crippen molar-refractivity contribution in [2.24, 2.45) is 0 Å². The summed E-state index contributed by atoms with van der Waals surface area (Å²) >= 11 is 1.60. The highest BCUT2D eigenvalue weighted by Crippen LogP contribution is 2.07. The molecule has 1 saturated heterocycles. The molecule has 0 unspecified atom stereocenters. The van der Waals surface area contributed by atoms with E-state index in [-0.39, 0.29) is 18.0 Å². The molecule has 0 bridgehead atoms. The summed E-state index contributed by atoms with van der Waals surface area (Å²) in [5, 5.41) is 10.1. The van der Waals surface area contributed by atoms with Crippen LogP contribution < -0.4 is 16.0 Å². The lowest BCUT2D eigenvalue weighted by atomic mass is 10.3. The first-order valence-electron chi connectivity index (χ1n) is 5.07. The van der Waals surface area contributed by atoms with E-state index in [1.54, 1.807) is 11.3 Å². The fourth-order valence-corrected chi connectivity index (χ4v) is 2.17. The van der Waals surface area contributed by atoms with Crippen molar-refractivity contribution in [1.82, 2.24) is 16.0 Å². The normalized spacial score (nSPS) is 19.2. The second-order valence-electron chi connectivity index (χ2n) is 3.61. The van der Waals surface area contributed by atoms with Crippen LogP contribution in [0.4, 0.5) is 4.79 Å². The third-order valence-electron chi connectivity index (χ3n) is 2.32. The van der Waals surface area contributed by atoms with Crippen molar-refractivity contribution in [2.75, 3.05) is 6.54 Å². The zero-order chi connectivity index (χ0) is 11.4. The highest BCUT2D eigenvalue weighted by Gasteiger charge is 2.22. The second-order valence-corrected chi connectivity index (χ2v) is 4.64. The molecule has 6 heteroatoms. The van der Waals surface area contributed by atoms with E-state index in [1.807, 2.05) is 17.5 Å². The summed E-state index contributed by atoms with van der Waals surface area (Å²) in [5.74, 6) is -0.0106. The van der Waals surface area contributed by atoms with Crippen LogP contribution in [0.1, 0.15) is 11.3 Å². The molecule has 0 spiro atoms. The van der Waals surface area contributed by atoms with Crippen molar-refractivity contribution in [3.8, 4) is 0 Å². The van der Waals surface area contributed by atoms with Crippen LogP contribution in [0, 0.1) is 0 Å². The fourth-order valence-electron chi connectivity index (χ4n) is 1.52. The molecule has 0 aliphatic carbocycles. The Labute approximate surface area is 97.2 Å². The van der Waals surface area contributed by atoms with Crippen LogP contribution >= 0.6 is 11.3 Å². The van der Waals surface area contributed by atoms with Gasteiger partial charge in [0.1, 0.15) is 0 Å². The topological polar surface area (TPSA) is 70.2 Å². The Kier molecular flexibility index (Phi) is 3.40. The first-order chi connectivity index (χ1) is 7.74. The standard InChI is InChI=1S/C10H13N3O2S/c14-9-4-7(5-11-9)13-10(15)12-6-8-2-1-3-16-8/h1-3,7H,4-6H2,(H,11,14)(H2,12,13,15)/t7-/m0/s1. The predicted octanol–water partition coefficient (Wildman–Crippen LogP) is 0.436. The van der Waals surface area contributed by atoms with Crippen LogP contribution in [0.2, 0.25) is 0 Å². The molecule has 2 rings (SSSR count). The molecule has 1 aromatic rings. The van der Waals surface area contributed by atoms with Crippen molar-refractivity contribution >= 4 is 23.3 Å². The van der Waals surface area contributed by atoms with E-state index < -0.39 is 0 Å². The van der Waals surface area contributed by atoms with Crippen LogP contribution in [0.25, 0.3) is 0 Å². The predicted molar refractivity (Wildman–Crippen MR) is 61.1 cm³/mol. The molecule has 1 aliphatic rings. The van der Waals surface area contributed by atoms with E-state index in [2.05, 4.69) is 16.0 Å². The molecule has 1 fully saturated rings. The maximum absolute atomic E-state index is 11.4. The Bertz CT molecular complexity index is 377. The molecule has 0 aromatic carbocycles. The van der Waals surface area contributed by atoms with Crippen molar-refractivity contribution in [1.29, 1.82) is 0 Å². The highest BCUT2D eigenvalue weighted by atomic mass is 32.1. The highest BCUT2D eigenvalue weighted by molar-refractivity contribution is 7.09. The average molecular weight is 239 g/mol. The number of urea groups is 1. The number of hydrogen-bond donors (Lipinski definition) is 3. The Morgan fingerprint density at radius 1 is 1.62 bits per heavy atom. The molecule has 0 saturated carbocycles. The largest absolute Gasteiger partial charge is 0.354 e. The van der Waals surface area contributed by atoms with Gasteiger partial charge in [-0.2, -0.15) is 0 Å². The van der Waals surface area contributed by atoms with Crippen molar-refractivity contribution in [3.05, 3.63) is 22.4 Å². The van der Waals surface area contributed by atoms with Gasteiger partial charge < -0.3 is 16.0 Å². The number of amides is 3. The van der Waals surface area contributed by atoms with E-state index in [0.29, 0.717) is 19.5 Å².